The van der Waals surface area contributed by atoms with Crippen LogP contribution in [0.25, 0.3) is 10.9 Å². The third-order valence-corrected chi connectivity index (χ3v) is 4.67. The standard InChI is InChI=1S/C20H23NO6/c1-25-18(23)6-4-3-5-17(22)19-14-9-12(20(24)26-2)7-8-15(14)21-16(19)10-13-11-27-13/h7-9,13,21H,3-6,10-11H2,1-2H3. The van der Waals surface area contributed by atoms with Crippen molar-refractivity contribution in [3.05, 3.63) is 35.0 Å². The van der Waals surface area contributed by atoms with E-state index < -0.39 is 5.97 Å². The zero-order chi connectivity index (χ0) is 19.4. The molecule has 1 aromatic heterocycles. The Hall–Kier alpha value is -2.67. The van der Waals surface area contributed by atoms with Crippen molar-refractivity contribution in [3.8, 4) is 0 Å². The number of nitrogens with one attached hydrogen (secondary N) is 1. The molecule has 7 nitrogen and oxygen atoms in total. The number of unbranched alkanes of at least 4 members (excludes halogenated alkanes) is 1. The van der Waals surface area contributed by atoms with Gasteiger partial charge in [-0.1, -0.05) is 0 Å². The summed E-state index contributed by atoms with van der Waals surface area (Å²) in [4.78, 5) is 39.3. The zero-order valence-corrected chi connectivity index (χ0v) is 15.5. The van der Waals surface area contributed by atoms with E-state index in [2.05, 4.69) is 9.72 Å². The number of hydrogen-bond acceptors (Lipinski definition) is 6. The Morgan fingerprint density at radius 3 is 2.56 bits per heavy atom. The molecule has 1 atom stereocenters. The minimum Gasteiger partial charge on any atom is -0.469 e. The van der Waals surface area contributed by atoms with E-state index in [0.29, 0.717) is 55.2 Å². The van der Waals surface area contributed by atoms with Gasteiger partial charge in [0, 0.05) is 41.4 Å². The van der Waals surface area contributed by atoms with Crippen LogP contribution < -0.4 is 0 Å². The number of esters is 2. The molecule has 1 saturated heterocycles. The van der Waals surface area contributed by atoms with Crippen molar-refractivity contribution in [1.82, 2.24) is 4.98 Å². The largest absolute Gasteiger partial charge is 0.469 e. The maximum absolute atomic E-state index is 12.9. The molecule has 1 aliphatic rings. The number of ketones is 1. The molecule has 1 unspecified atom stereocenters. The van der Waals surface area contributed by atoms with Gasteiger partial charge in [-0.2, -0.15) is 0 Å². The summed E-state index contributed by atoms with van der Waals surface area (Å²) in [5, 5.41) is 0.714. The molecule has 7 heteroatoms. The lowest BCUT2D eigenvalue weighted by Gasteiger charge is -2.05. The summed E-state index contributed by atoms with van der Waals surface area (Å²) in [5.41, 5.74) is 2.63. The summed E-state index contributed by atoms with van der Waals surface area (Å²) in [6.45, 7) is 0.690. The molecule has 1 aliphatic heterocycles. The van der Waals surface area contributed by atoms with Crippen LogP contribution in [0.15, 0.2) is 18.2 Å². The number of methoxy groups -OCH3 is 2. The van der Waals surface area contributed by atoms with Crippen LogP contribution in [0.3, 0.4) is 0 Å². The molecule has 1 fully saturated rings. The van der Waals surface area contributed by atoms with Crippen LogP contribution >= 0.6 is 0 Å². The second-order valence-corrected chi connectivity index (χ2v) is 6.60. The molecule has 2 heterocycles. The number of aromatic nitrogens is 1. The number of epoxide rings is 1. The highest BCUT2D eigenvalue weighted by Gasteiger charge is 2.27. The van der Waals surface area contributed by atoms with Crippen molar-refractivity contribution in [1.29, 1.82) is 0 Å². The van der Waals surface area contributed by atoms with Gasteiger partial charge in [-0.05, 0) is 31.0 Å². The van der Waals surface area contributed by atoms with Crippen molar-refractivity contribution in [2.24, 2.45) is 0 Å². The molecule has 0 radical (unpaired) electrons. The van der Waals surface area contributed by atoms with Gasteiger partial charge in [0.05, 0.1) is 32.5 Å². The summed E-state index contributed by atoms with van der Waals surface area (Å²) in [7, 11) is 2.68. The van der Waals surface area contributed by atoms with Crippen LogP contribution in [-0.2, 0) is 25.4 Å². The maximum Gasteiger partial charge on any atom is 0.337 e. The van der Waals surface area contributed by atoms with Gasteiger partial charge in [0.2, 0.25) is 0 Å². The predicted molar refractivity (Wildman–Crippen MR) is 97.9 cm³/mol. The lowest BCUT2D eigenvalue weighted by molar-refractivity contribution is -0.140. The number of carbonyl (C=O) groups is 3. The van der Waals surface area contributed by atoms with E-state index in [-0.39, 0.29) is 17.9 Å². The number of H-pyrrole nitrogens is 1. The molecule has 0 bridgehead atoms. The van der Waals surface area contributed by atoms with Crippen LogP contribution in [0.4, 0.5) is 0 Å². The Morgan fingerprint density at radius 2 is 1.89 bits per heavy atom. The second-order valence-electron chi connectivity index (χ2n) is 6.60. The van der Waals surface area contributed by atoms with E-state index in [1.807, 2.05) is 0 Å². The summed E-state index contributed by atoms with van der Waals surface area (Å²) < 4.78 is 14.7. The van der Waals surface area contributed by atoms with Gasteiger partial charge in [-0.25, -0.2) is 4.79 Å². The third kappa shape index (κ3) is 4.54. The van der Waals surface area contributed by atoms with Crippen molar-refractivity contribution >= 4 is 28.6 Å². The smallest absolute Gasteiger partial charge is 0.337 e. The van der Waals surface area contributed by atoms with E-state index in [1.165, 1.54) is 14.2 Å². The van der Waals surface area contributed by atoms with E-state index in [0.717, 1.165) is 11.2 Å². The summed E-state index contributed by atoms with van der Waals surface area (Å²) in [5.74, 6) is -0.728. The molecule has 1 N–H and O–H groups in total. The molecule has 0 amide bonds. The summed E-state index contributed by atoms with van der Waals surface area (Å²) >= 11 is 0. The average molecular weight is 373 g/mol. The first-order valence-electron chi connectivity index (χ1n) is 8.98. The number of hydrogen-bond donors (Lipinski definition) is 1. The topological polar surface area (TPSA) is 98.0 Å². The molecular weight excluding hydrogens is 350 g/mol. The number of benzene rings is 1. The Balaban J connectivity index is 1.84. The fourth-order valence-electron chi connectivity index (χ4n) is 3.16. The van der Waals surface area contributed by atoms with Crippen molar-refractivity contribution in [2.45, 2.75) is 38.2 Å². The lowest BCUT2D eigenvalue weighted by Crippen LogP contribution is -2.06. The number of aromatic amines is 1. The van der Waals surface area contributed by atoms with Crippen LogP contribution in [0.1, 0.15) is 52.1 Å². The predicted octanol–water partition coefficient (Wildman–Crippen LogP) is 2.81. The van der Waals surface area contributed by atoms with Gasteiger partial charge >= 0.3 is 11.9 Å². The minimum absolute atomic E-state index is 0.0104. The van der Waals surface area contributed by atoms with Gasteiger partial charge in [0.15, 0.2) is 5.78 Å². The Labute approximate surface area is 157 Å². The van der Waals surface area contributed by atoms with Gasteiger partial charge < -0.3 is 19.2 Å². The van der Waals surface area contributed by atoms with E-state index in [1.54, 1.807) is 18.2 Å². The molecule has 27 heavy (non-hydrogen) atoms. The molecule has 0 saturated carbocycles. The summed E-state index contributed by atoms with van der Waals surface area (Å²) in [6, 6.07) is 5.15. The molecule has 144 valence electrons. The maximum atomic E-state index is 12.9. The minimum atomic E-state index is -0.443. The highest BCUT2D eigenvalue weighted by molar-refractivity contribution is 6.10. The number of carbonyl (C=O) groups excluding carboxylic acids is 3. The van der Waals surface area contributed by atoms with Crippen molar-refractivity contribution in [2.75, 3.05) is 20.8 Å². The second kappa shape index (κ2) is 8.35. The number of Topliss-reactive ketones (excluding diaryl/α,β-unsaturated/α-hetero) is 1. The first kappa shape index (κ1) is 19.1. The van der Waals surface area contributed by atoms with Gasteiger partial charge in [-0.15, -0.1) is 0 Å². The van der Waals surface area contributed by atoms with Crippen LogP contribution in [0.5, 0.6) is 0 Å². The lowest BCUT2D eigenvalue weighted by atomic mass is 9.98. The molecule has 0 spiro atoms. The van der Waals surface area contributed by atoms with Crippen LogP contribution in [-0.4, -0.2) is 49.6 Å². The molecule has 2 aromatic rings. The monoisotopic (exact) mass is 373 g/mol. The van der Waals surface area contributed by atoms with E-state index in [4.69, 9.17) is 9.47 Å². The SMILES string of the molecule is COC(=O)CCCCC(=O)c1c(CC2CO2)[nH]c2ccc(C(=O)OC)cc12. The molecule has 0 aliphatic carbocycles. The highest BCUT2D eigenvalue weighted by Crippen LogP contribution is 2.29. The van der Waals surface area contributed by atoms with E-state index >= 15 is 0 Å². The van der Waals surface area contributed by atoms with Crippen molar-refractivity contribution < 1.29 is 28.6 Å². The van der Waals surface area contributed by atoms with Gasteiger partial charge in [0.1, 0.15) is 0 Å². The quantitative estimate of drug-likeness (QED) is 0.314. The average Bonchev–Trinajstić information content (AvgIpc) is 3.42. The first-order chi connectivity index (χ1) is 13.0. The number of fused-ring (bicyclic) bond motifs is 1. The third-order valence-electron chi connectivity index (χ3n) is 4.67. The van der Waals surface area contributed by atoms with Crippen molar-refractivity contribution in [3.63, 3.8) is 0 Å². The Kier molecular flexibility index (Phi) is 5.91. The Bertz CT molecular complexity index is 865. The molecule has 1 aromatic carbocycles. The van der Waals surface area contributed by atoms with Crippen LogP contribution in [0.2, 0.25) is 0 Å². The van der Waals surface area contributed by atoms with Gasteiger partial charge in [0.25, 0.3) is 0 Å². The Morgan fingerprint density at radius 1 is 1.15 bits per heavy atom. The molecule has 3 rings (SSSR count). The molecular formula is C20H23NO6. The number of ether oxygens (including phenoxy) is 3. The fraction of sp³-hybridized carbons (Fsp3) is 0.450. The fourth-order valence-corrected chi connectivity index (χ4v) is 3.16. The van der Waals surface area contributed by atoms with Gasteiger partial charge in [-0.3, -0.25) is 9.59 Å². The van der Waals surface area contributed by atoms with E-state index in [9.17, 15) is 14.4 Å². The first-order valence-corrected chi connectivity index (χ1v) is 8.98. The highest BCUT2D eigenvalue weighted by atomic mass is 16.6. The van der Waals surface area contributed by atoms with Crippen LogP contribution in [0, 0.1) is 0 Å². The normalized spacial score (nSPS) is 15.6. The zero-order valence-electron chi connectivity index (χ0n) is 15.5. The summed E-state index contributed by atoms with van der Waals surface area (Å²) in [6.07, 6.45) is 2.57. The number of rotatable bonds is 9.